The first-order chi connectivity index (χ1) is 16.7. The predicted molar refractivity (Wildman–Crippen MR) is 163 cm³/mol. The average Bonchev–Trinajstić information content (AvgIpc) is 2.80. The zero-order valence-corrected chi connectivity index (χ0v) is 24.8. The Kier molecular flexibility index (Phi) is 10.2. The summed E-state index contributed by atoms with van der Waals surface area (Å²) in [6.07, 6.45) is 2.56. The van der Waals surface area contributed by atoms with Crippen LogP contribution in [0.3, 0.4) is 0 Å². The van der Waals surface area contributed by atoms with Gasteiger partial charge in [-0.2, -0.15) is 0 Å². The maximum absolute atomic E-state index is 3.68. The molecule has 0 aromatic heterocycles. The SMILES string of the molecule is CC(C)(C)c1ccc(B(c2ccc(C(C)(C)C)cc2)c2ccc(C(C)(C)C)cc2)cc1.CCCC[NH3+]. The van der Waals surface area contributed by atoms with Crippen LogP contribution in [-0.2, 0) is 16.2 Å². The Labute approximate surface area is 223 Å². The summed E-state index contributed by atoms with van der Waals surface area (Å²) in [5, 5.41) is 0. The Bertz CT molecular complexity index is 902. The van der Waals surface area contributed by atoms with Crippen molar-refractivity contribution in [2.45, 2.75) is 98.3 Å². The molecule has 0 aliphatic rings. The summed E-state index contributed by atoms with van der Waals surface area (Å²) in [5.41, 5.74) is 12.3. The molecule has 3 rings (SSSR count). The Morgan fingerprint density at radius 2 is 0.750 bits per heavy atom. The summed E-state index contributed by atoms with van der Waals surface area (Å²) < 4.78 is 0. The lowest BCUT2D eigenvalue weighted by atomic mass is 9.36. The minimum absolute atomic E-state index is 0.163. The average molecular weight is 485 g/mol. The van der Waals surface area contributed by atoms with Gasteiger partial charge in [-0.05, 0) is 39.4 Å². The van der Waals surface area contributed by atoms with Gasteiger partial charge in [-0.1, -0.05) is 165 Å². The number of benzene rings is 3. The van der Waals surface area contributed by atoms with Gasteiger partial charge in [-0.25, -0.2) is 0 Å². The van der Waals surface area contributed by atoms with Crippen molar-refractivity contribution in [3.05, 3.63) is 89.5 Å². The first kappa shape index (κ1) is 29.9. The Balaban J connectivity index is 0.000000830. The fraction of sp³-hybridized carbons (Fsp3) is 0.471. The fourth-order valence-corrected chi connectivity index (χ4v) is 4.35. The maximum atomic E-state index is 3.68. The summed E-state index contributed by atoms with van der Waals surface area (Å²) in [4.78, 5) is 0. The van der Waals surface area contributed by atoms with Gasteiger partial charge < -0.3 is 5.73 Å². The number of hydrogen-bond acceptors (Lipinski definition) is 0. The summed E-state index contributed by atoms with van der Waals surface area (Å²) in [6, 6.07) is 27.7. The van der Waals surface area contributed by atoms with E-state index in [0.717, 1.165) is 6.54 Å². The number of unbranched alkanes of at least 4 members (excludes halogenated alkanes) is 1. The van der Waals surface area contributed by atoms with E-state index < -0.39 is 0 Å². The van der Waals surface area contributed by atoms with E-state index in [-0.39, 0.29) is 23.0 Å². The summed E-state index contributed by atoms with van der Waals surface area (Å²) in [7, 11) is 0. The maximum Gasteiger partial charge on any atom is 0.241 e. The first-order valence-corrected chi connectivity index (χ1v) is 13.8. The quantitative estimate of drug-likeness (QED) is 0.423. The van der Waals surface area contributed by atoms with Crippen LogP contribution in [0.4, 0.5) is 0 Å². The van der Waals surface area contributed by atoms with Crippen LogP contribution in [0.2, 0.25) is 0 Å². The number of hydrogen-bond donors (Lipinski definition) is 1. The van der Waals surface area contributed by atoms with Gasteiger partial charge in [0.25, 0.3) is 0 Å². The molecule has 0 saturated heterocycles. The molecule has 0 aliphatic heterocycles. The van der Waals surface area contributed by atoms with Crippen LogP contribution in [-0.4, -0.2) is 13.3 Å². The van der Waals surface area contributed by atoms with Crippen molar-refractivity contribution in [2.24, 2.45) is 0 Å². The third-order valence-electron chi connectivity index (χ3n) is 6.93. The van der Waals surface area contributed by atoms with E-state index in [1.165, 1.54) is 45.9 Å². The predicted octanol–water partition coefficient (Wildman–Crippen LogP) is 6.12. The molecule has 3 N–H and O–H groups in total. The van der Waals surface area contributed by atoms with Crippen molar-refractivity contribution in [1.29, 1.82) is 0 Å². The fourth-order valence-electron chi connectivity index (χ4n) is 4.35. The van der Waals surface area contributed by atoms with Crippen molar-refractivity contribution in [3.63, 3.8) is 0 Å². The van der Waals surface area contributed by atoms with Crippen molar-refractivity contribution in [2.75, 3.05) is 6.54 Å². The smallest absolute Gasteiger partial charge is 0.241 e. The van der Waals surface area contributed by atoms with Crippen molar-refractivity contribution < 1.29 is 5.73 Å². The molecule has 194 valence electrons. The standard InChI is InChI=1S/C30H39B.C4H11N/c1-28(2,3)22-10-16-25(17-11-22)31(26-18-12-23(13-19-26)29(4,5)6)27-20-14-24(15-21-27)30(7,8)9;1-2-3-4-5/h10-21H,1-9H3;2-5H2,1H3/p+1. The van der Waals surface area contributed by atoms with E-state index in [1.54, 1.807) is 0 Å². The van der Waals surface area contributed by atoms with Crippen molar-refractivity contribution in [1.82, 2.24) is 0 Å². The monoisotopic (exact) mass is 484 g/mol. The van der Waals surface area contributed by atoms with Gasteiger partial charge in [0.05, 0.1) is 6.54 Å². The second-order valence-electron chi connectivity index (χ2n) is 13.3. The van der Waals surface area contributed by atoms with Gasteiger partial charge in [-0.15, -0.1) is 0 Å². The molecule has 0 bridgehead atoms. The van der Waals surface area contributed by atoms with Crippen LogP contribution >= 0.6 is 0 Å². The molecule has 0 aliphatic carbocycles. The summed E-state index contributed by atoms with van der Waals surface area (Å²) >= 11 is 0. The largest absolute Gasteiger partial charge is 0.358 e. The molecule has 1 nitrogen and oxygen atoms in total. The zero-order valence-electron chi connectivity index (χ0n) is 24.8. The minimum atomic E-state index is 0.163. The number of rotatable bonds is 5. The molecule has 0 atom stereocenters. The lowest BCUT2D eigenvalue weighted by molar-refractivity contribution is -0.368. The molecule has 3 aromatic rings. The lowest BCUT2D eigenvalue weighted by Gasteiger charge is -2.23. The normalized spacial score (nSPS) is 12.1. The molecule has 3 aromatic carbocycles. The zero-order chi connectivity index (χ0) is 27.1. The first-order valence-electron chi connectivity index (χ1n) is 13.8. The minimum Gasteiger partial charge on any atom is -0.358 e. The van der Waals surface area contributed by atoms with Gasteiger partial charge in [0.15, 0.2) is 0 Å². The van der Waals surface area contributed by atoms with Crippen LogP contribution in [0.1, 0.15) is 98.8 Å². The Morgan fingerprint density at radius 1 is 0.500 bits per heavy atom. The van der Waals surface area contributed by atoms with Crippen molar-refractivity contribution in [3.8, 4) is 0 Å². The molecule has 36 heavy (non-hydrogen) atoms. The highest BCUT2D eigenvalue weighted by atomic mass is 14.5. The van der Waals surface area contributed by atoms with E-state index in [2.05, 4.69) is 148 Å². The molecule has 2 heteroatoms. The second kappa shape index (κ2) is 12.3. The van der Waals surface area contributed by atoms with Crippen LogP contribution < -0.4 is 22.1 Å². The molecule has 0 spiro atoms. The van der Waals surface area contributed by atoms with Crippen LogP contribution in [0.15, 0.2) is 72.8 Å². The Hall–Kier alpha value is -2.32. The lowest BCUT2D eigenvalue weighted by Crippen LogP contribution is -2.52. The van der Waals surface area contributed by atoms with Crippen molar-refractivity contribution >= 4 is 23.1 Å². The van der Waals surface area contributed by atoms with Gasteiger partial charge in [0, 0.05) is 0 Å². The van der Waals surface area contributed by atoms with Crippen LogP contribution in [0.25, 0.3) is 0 Å². The van der Waals surface area contributed by atoms with Gasteiger partial charge in [-0.3, -0.25) is 0 Å². The molecule has 0 heterocycles. The number of quaternary nitrogens is 1. The van der Waals surface area contributed by atoms with E-state index in [9.17, 15) is 0 Å². The third-order valence-corrected chi connectivity index (χ3v) is 6.93. The molecular weight excluding hydrogens is 433 g/mol. The van der Waals surface area contributed by atoms with E-state index in [0.29, 0.717) is 0 Å². The highest BCUT2D eigenvalue weighted by molar-refractivity contribution is 6.95. The van der Waals surface area contributed by atoms with Crippen LogP contribution in [0, 0.1) is 0 Å². The second-order valence-corrected chi connectivity index (χ2v) is 13.3. The molecular formula is C34H51BN+. The topological polar surface area (TPSA) is 27.6 Å². The molecule has 0 unspecified atom stereocenters. The summed E-state index contributed by atoms with van der Waals surface area (Å²) in [6.45, 7) is 24.0. The molecule has 0 amide bonds. The third kappa shape index (κ3) is 8.37. The van der Waals surface area contributed by atoms with Crippen LogP contribution in [0.5, 0.6) is 0 Å². The Morgan fingerprint density at radius 3 is 0.889 bits per heavy atom. The highest BCUT2D eigenvalue weighted by Gasteiger charge is 2.24. The van der Waals surface area contributed by atoms with E-state index in [4.69, 9.17) is 0 Å². The van der Waals surface area contributed by atoms with E-state index >= 15 is 0 Å². The van der Waals surface area contributed by atoms with E-state index in [1.807, 2.05) is 0 Å². The van der Waals surface area contributed by atoms with Gasteiger partial charge >= 0.3 is 0 Å². The molecule has 0 radical (unpaired) electrons. The molecule has 0 fully saturated rings. The molecule has 0 saturated carbocycles. The highest BCUT2D eigenvalue weighted by Crippen LogP contribution is 2.23. The summed E-state index contributed by atoms with van der Waals surface area (Å²) in [5.74, 6) is 0. The van der Waals surface area contributed by atoms with Gasteiger partial charge in [0.1, 0.15) is 0 Å². The van der Waals surface area contributed by atoms with Gasteiger partial charge in [0.2, 0.25) is 6.71 Å².